The van der Waals surface area contributed by atoms with E-state index in [-0.39, 0.29) is 24.2 Å². The number of ketones is 1. The smallest absolute Gasteiger partial charge is 0.263 e. The molecule has 0 N–H and O–H groups in total. The van der Waals surface area contributed by atoms with Crippen molar-refractivity contribution in [1.82, 2.24) is 5.06 Å². The summed E-state index contributed by atoms with van der Waals surface area (Å²) in [6.45, 7) is 0. The third-order valence-electron chi connectivity index (χ3n) is 2.53. The van der Waals surface area contributed by atoms with Crippen molar-refractivity contribution >= 4 is 23.5 Å². The molecule has 6 heteroatoms. The van der Waals surface area contributed by atoms with E-state index in [2.05, 4.69) is 0 Å². The van der Waals surface area contributed by atoms with Crippen LogP contribution in [0.5, 0.6) is 5.75 Å². The fourth-order valence-corrected chi connectivity index (χ4v) is 1.58. The predicted octanol–water partition coefficient (Wildman–Crippen LogP) is 0.700. The van der Waals surface area contributed by atoms with Gasteiger partial charge < -0.3 is 4.84 Å². The molecule has 0 saturated carbocycles. The zero-order chi connectivity index (χ0) is 13.8. The van der Waals surface area contributed by atoms with Gasteiger partial charge in [-0.2, -0.15) is 0 Å². The second kappa shape index (κ2) is 5.29. The van der Waals surface area contributed by atoms with Crippen LogP contribution in [0.4, 0.5) is 0 Å². The van der Waals surface area contributed by atoms with Gasteiger partial charge in [0.1, 0.15) is 5.94 Å². The maximum absolute atomic E-state index is 11.3. The van der Waals surface area contributed by atoms with Gasteiger partial charge in [0.2, 0.25) is 0 Å². The number of allylic oxidation sites excluding steroid dienone is 1. The van der Waals surface area contributed by atoms with Gasteiger partial charge in [-0.05, 0) is 24.3 Å². The van der Waals surface area contributed by atoms with Crippen LogP contribution in [0.2, 0.25) is 0 Å². The van der Waals surface area contributed by atoms with Gasteiger partial charge in [0.25, 0.3) is 11.8 Å². The molecule has 1 aromatic carbocycles. The monoisotopic (exact) mass is 259 g/mol. The molecule has 0 radical (unpaired) electrons. The molecule has 0 atom stereocenters. The van der Waals surface area contributed by atoms with Gasteiger partial charge in [0, 0.05) is 18.4 Å². The molecule has 2 amide bonds. The number of imide groups is 1. The van der Waals surface area contributed by atoms with Crippen molar-refractivity contribution in [2.45, 2.75) is 12.8 Å². The first kappa shape index (κ1) is 12.7. The van der Waals surface area contributed by atoms with E-state index >= 15 is 0 Å². The van der Waals surface area contributed by atoms with Crippen LogP contribution in [-0.2, 0) is 14.4 Å². The van der Waals surface area contributed by atoms with E-state index in [9.17, 15) is 19.2 Å². The molecule has 0 aliphatic carbocycles. The summed E-state index contributed by atoms with van der Waals surface area (Å²) in [6, 6.07) is 5.72. The van der Waals surface area contributed by atoms with E-state index < -0.39 is 17.6 Å². The number of amides is 2. The van der Waals surface area contributed by atoms with E-state index in [1.54, 1.807) is 0 Å². The quantitative estimate of drug-likeness (QED) is 0.344. The second-order valence-electron chi connectivity index (χ2n) is 3.82. The van der Waals surface area contributed by atoms with Crippen molar-refractivity contribution in [3.63, 3.8) is 0 Å². The molecular formula is C13H9NO5. The Morgan fingerprint density at radius 3 is 2.26 bits per heavy atom. The number of benzene rings is 1. The van der Waals surface area contributed by atoms with Crippen LogP contribution in [0.1, 0.15) is 23.2 Å². The van der Waals surface area contributed by atoms with E-state index in [1.165, 1.54) is 30.2 Å². The summed E-state index contributed by atoms with van der Waals surface area (Å²) in [5, 5.41) is 0.710. The number of nitrogens with zero attached hydrogens (tertiary/aromatic N) is 1. The van der Waals surface area contributed by atoms with Crippen molar-refractivity contribution < 1.29 is 24.0 Å². The van der Waals surface area contributed by atoms with E-state index in [4.69, 9.17) is 4.84 Å². The number of rotatable bonds is 4. The molecule has 0 unspecified atom stereocenters. The molecule has 1 saturated heterocycles. The summed E-state index contributed by atoms with van der Waals surface area (Å²) in [6.07, 6.45) is 1.06. The zero-order valence-electron chi connectivity index (χ0n) is 9.79. The Kier molecular flexibility index (Phi) is 3.54. The molecular weight excluding hydrogens is 250 g/mol. The highest BCUT2D eigenvalue weighted by Crippen LogP contribution is 2.18. The van der Waals surface area contributed by atoms with Gasteiger partial charge in [0.05, 0.1) is 6.08 Å². The van der Waals surface area contributed by atoms with Gasteiger partial charge >= 0.3 is 0 Å². The Balaban J connectivity index is 2.11. The van der Waals surface area contributed by atoms with Crippen LogP contribution >= 0.6 is 0 Å². The zero-order valence-corrected chi connectivity index (χ0v) is 9.79. The fraction of sp³-hybridized carbons (Fsp3) is 0.154. The molecule has 19 heavy (non-hydrogen) atoms. The van der Waals surface area contributed by atoms with Gasteiger partial charge in [-0.25, -0.2) is 4.79 Å². The van der Waals surface area contributed by atoms with Crippen LogP contribution in [0.3, 0.4) is 0 Å². The highest BCUT2D eigenvalue weighted by molar-refractivity contribution is 6.08. The normalized spacial score (nSPS) is 14.2. The average molecular weight is 259 g/mol. The molecule has 0 spiro atoms. The van der Waals surface area contributed by atoms with Crippen LogP contribution < -0.4 is 4.84 Å². The molecule has 1 heterocycles. The summed E-state index contributed by atoms with van der Waals surface area (Å²) in [5.74, 6) is 0.391. The lowest BCUT2D eigenvalue weighted by Crippen LogP contribution is -2.32. The minimum Gasteiger partial charge on any atom is -0.369 e. The van der Waals surface area contributed by atoms with Crippen LogP contribution in [-0.4, -0.2) is 28.6 Å². The maximum Gasteiger partial charge on any atom is 0.263 e. The largest absolute Gasteiger partial charge is 0.369 e. The van der Waals surface area contributed by atoms with Crippen molar-refractivity contribution in [3.05, 3.63) is 35.9 Å². The summed E-state index contributed by atoms with van der Waals surface area (Å²) in [4.78, 5) is 49.2. The van der Waals surface area contributed by atoms with Crippen molar-refractivity contribution in [1.29, 1.82) is 0 Å². The van der Waals surface area contributed by atoms with E-state index in [1.807, 2.05) is 0 Å². The first-order valence-electron chi connectivity index (χ1n) is 5.51. The minimum absolute atomic E-state index is 0.138. The maximum atomic E-state index is 11.3. The summed E-state index contributed by atoms with van der Waals surface area (Å²) in [7, 11) is 0. The highest BCUT2D eigenvalue weighted by Gasteiger charge is 2.31. The predicted molar refractivity (Wildman–Crippen MR) is 62.8 cm³/mol. The lowest BCUT2D eigenvalue weighted by atomic mass is 10.1. The molecule has 1 fully saturated rings. The van der Waals surface area contributed by atoms with Crippen LogP contribution in [0, 0.1) is 0 Å². The molecule has 2 rings (SSSR count). The molecule has 0 aromatic heterocycles. The number of carbonyl (C=O) groups is 3. The Morgan fingerprint density at radius 2 is 1.74 bits per heavy atom. The third-order valence-corrected chi connectivity index (χ3v) is 2.53. The summed E-state index contributed by atoms with van der Waals surface area (Å²) >= 11 is 0. The first-order chi connectivity index (χ1) is 9.11. The molecule has 1 aromatic rings. The number of hydrogen-bond donors (Lipinski definition) is 0. The minimum atomic E-state index is -0.477. The Bertz CT molecular complexity index is 568. The van der Waals surface area contributed by atoms with Crippen LogP contribution in [0.25, 0.3) is 0 Å². The van der Waals surface area contributed by atoms with E-state index in [0.29, 0.717) is 5.06 Å². The number of carbonyl (C=O) groups excluding carboxylic acids is 4. The highest BCUT2D eigenvalue weighted by atomic mass is 16.7. The topological polar surface area (TPSA) is 80.8 Å². The molecule has 0 bridgehead atoms. The fourth-order valence-electron chi connectivity index (χ4n) is 1.58. The van der Waals surface area contributed by atoms with Gasteiger partial charge in [-0.1, -0.05) is 0 Å². The van der Waals surface area contributed by atoms with Gasteiger partial charge in [0.15, 0.2) is 11.5 Å². The SMILES string of the molecule is O=C=CC(=O)c1ccc(ON2C(=O)CCC2=O)cc1. The second-order valence-corrected chi connectivity index (χ2v) is 3.82. The average Bonchev–Trinajstić information content (AvgIpc) is 2.72. The Labute approximate surface area is 108 Å². The molecule has 1 aliphatic rings. The van der Waals surface area contributed by atoms with Gasteiger partial charge in [-0.3, -0.25) is 14.4 Å². The standard InChI is InChI=1S/C13H9NO5/c15-8-7-11(16)9-1-3-10(4-2-9)19-14-12(17)5-6-13(14)18/h1-4,7H,5-6H2. The lowest BCUT2D eigenvalue weighted by molar-refractivity contribution is -0.164. The van der Waals surface area contributed by atoms with Crippen molar-refractivity contribution in [3.8, 4) is 5.75 Å². The molecule has 1 aliphatic heterocycles. The van der Waals surface area contributed by atoms with Crippen LogP contribution in [0.15, 0.2) is 30.3 Å². The van der Waals surface area contributed by atoms with Gasteiger partial charge in [-0.15, -0.1) is 5.06 Å². The number of hydrogen-bond acceptors (Lipinski definition) is 5. The number of hydroxylamine groups is 2. The third kappa shape index (κ3) is 2.75. The Morgan fingerprint density at radius 1 is 1.16 bits per heavy atom. The van der Waals surface area contributed by atoms with Crippen molar-refractivity contribution in [2.75, 3.05) is 0 Å². The molecule has 96 valence electrons. The first-order valence-corrected chi connectivity index (χ1v) is 5.51. The summed E-state index contributed by atoms with van der Waals surface area (Å²) < 4.78 is 0. The van der Waals surface area contributed by atoms with E-state index in [0.717, 1.165) is 6.08 Å². The van der Waals surface area contributed by atoms with Crippen molar-refractivity contribution in [2.24, 2.45) is 0 Å². The molecule has 6 nitrogen and oxygen atoms in total. The lowest BCUT2D eigenvalue weighted by Gasteiger charge is -2.14. The summed E-state index contributed by atoms with van der Waals surface area (Å²) in [5.41, 5.74) is 0.287. The Hall–Kier alpha value is -2.72.